The van der Waals surface area contributed by atoms with Crippen molar-refractivity contribution in [1.82, 2.24) is 14.5 Å². The molecule has 2 radical (unpaired) electrons. The highest BCUT2D eigenvalue weighted by molar-refractivity contribution is 6.08. The van der Waals surface area contributed by atoms with Crippen LogP contribution >= 0.6 is 0 Å². The molecular formula is C16H24BN3O4. The fourth-order valence-corrected chi connectivity index (χ4v) is 2.64. The quantitative estimate of drug-likeness (QED) is 0.624. The fraction of sp³-hybridized carbons (Fsp3) is 0.688. The van der Waals surface area contributed by atoms with Gasteiger partial charge in [-0.1, -0.05) is 0 Å². The van der Waals surface area contributed by atoms with Crippen LogP contribution in [0, 0.1) is 0 Å². The molecule has 0 unspecified atom stereocenters. The van der Waals surface area contributed by atoms with E-state index < -0.39 is 17.7 Å². The number of carbonyl (C=O) groups is 2. The summed E-state index contributed by atoms with van der Waals surface area (Å²) in [7, 11) is 5.75. The monoisotopic (exact) mass is 333 g/mol. The van der Waals surface area contributed by atoms with Gasteiger partial charge in [0.05, 0.1) is 26.7 Å². The van der Waals surface area contributed by atoms with Gasteiger partial charge in [-0.05, 0) is 40.4 Å². The van der Waals surface area contributed by atoms with Crippen molar-refractivity contribution in [3.05, 3.63) is 17.2 Å². The number of esters is 1. The van der Waals surface area contributed by atoms with Crippen molar-refractivity contribution < 1.29 is 19.1 Å². The molecule has 0 saturated heterocycles. The van der Waals surface area contributed by atoms with Crippen molar-refractivity contribution in [2.45, 2.75) is 59.1 Å². The average Bonchev–Trinajstić information content (AvgIpc) is 2.68. The van der Waals surface area contributed by atoms with Gasteiger partial charge in [0.25, 0.3) is 0 Å². The minimum atomic E-state index is -0.573. The second kappa shape index (κ2) is 7.28. The van der Waals surface area contributed by atoms with Crippen LogP contribution in [-0.2, 0) is 28.9 Å². The van der Waals surface area contributed by atoms with Gasteiger partial charge in [-0.25, -0.2) is 14.6 Å². The molecule has 0 aromatic carbocycles. The molecule has 0 saturated carbocycles. The van der Waals surface area contributed by atoms with E-state index in [1.165, 1.54) is 0 Å². The summed E-state index contributed by atoms with van der Waals surface area (Å²) in [5.74, 6) is 0.131. The third-order valence-corrected chi connectivity index (χ3v) is 3.61. The highest BCUT2D eigenvalue weighted by atomic mass is 16.6. The standard InChI is InChI=1S/C16H24BN3O4/c1-5-23-14(21)13-11-10-19(15(22)24-16(2,3)4)7-6-8-20(11)12(9-17)18-13/h5-10H2,1-4H3. The third-order valence-electron chi connectivity index (χ3n) is 3.61. The zero-order chi connectivity index (χ0) is 17.9. The van der Waals surface area contributed by atoms with E-state index in [9.17, 15) is 9.59 Å². The van der Waals surface area contributed by atoms with Gasteiger partial charge in [-0.3, -0.25) is 0 Å². The number of rotatable bonds is 3. The number of fused-ring (bicyclic) bond motifs is 1. The van der Waals surface area contributed by atoms with Crippen molar-refractivity contribution in [1.29, 1.82) is 0 Å². The van der Waals surface area contributed by atoms with Crippen LogP contribution in [0.25, 0.3) is 0 Å². The molecule has 1 aliphatic heterocycles. The molecule has 1 aliphatic rings. The van der Waals surface area contributed by atoms with E-state index in [-0.39, 0.29) is 25.2 Å². The van der Waals surface area contributed by atoms with E-state index in [0.29, 0.717) is 24.6 Å². The lowest BCUT2D eigenvalue weighted by Gasteiger charge is -2.26. The van der Waals surface area contributed by atoms with Crippen LogP contribution in [0.5, 0.6) is 0 Å². The summed E-state index contributed by atoms with van der Waals surface area (Å²) in [6.07, 6.45) is 0.553. The molecule has 24 heavy (non-hydrogen) atoms. The summed E-state index contributed by atoms with van der Waals surface area (Å²) in [6.45, 7) is 8.91. The number of amides is 1. The fourth-order valence-electron chi connectivity index (χ4n) is 2.64. The number of nitrogens with zero attached hydrogens (tertiary/aromatic N) is 3. The lowest BCUT2D eigenvalue weighted by atomic mass is 10.1. The number of aromatic nitrogens is 2. The third kappa shape index (κ3) is 4.10. The number of carbonyl (C=O) groups excluding carboxylic acids is 2. The molecule has 7 nitrogen and oxygen atoms in total. The predicted octanol–water partition coefficient (Wildman–Crippen LogP) is 1.87. The van der Waals surface area contributed by atoms with Crippen LogP contribution in [-0.4, -0.2) is 53.1 Å². The van der Waals surface area contributed by atoms with E-state index in [1.807, 2.05) is 25.3 Å². The maximum atomic E-state index is 12.4. The Bertz CT molecular complexity index is 622. The summed E-state index contributed by atoms with van der Waals surface area (Å²) >= 11 is 0. The van der Waals surface area contributed by atoms with Gasteiger partial charge >= 0.3 is 12.1 Å². The Morgan fingerprint density at radius 1 is 1.29 bits per heavy atom. The minimum absolute atomic E-state index is 0.221. The van der Waals surface area contributed by atoms with Crippen molar-refractivity contribution in [2.75, 3.05) is 13.2 Å². The molecule has 0 spiro atoms. The maximum absolute atomic E-state index is 12.4. The summed E-state index contributed by atoms with van der Waals surface area (Å²) in [6, 6.07) is 0. The Morgan fingerprint density at radius 2 is 2.00 bits per heavy atom. The molecule has 0 bridgehead atoms. The molecule has 0 N–H and O–H groups in total. The molecule has 2 rings (SSSR count). The van der Waals surface area contributed by atoms with E-state index >= 15 is 0 Å². The van der Waals surface area contributed by atoms with Gasteiger partial charge in [0, 0.05) is 13.1 Å². The molecule has 2 heterocycles. The number of hydrogen-bond acceptors (Lipinski definition) is 5. The molecule has 0 atom stereocenters. The molecule has 1 aromatic heterocycles. The predicted molar refractivity (Wildman–Crippen MR) is 88.9 cm³/mol. The summed E-state index contributed by atoms with van der Waals surface area (Å²) in [4.78, 5) is 30.5. The number of imidazole rings is 1. The second-order valence-electron chi connectivity index (χ2n) is 6.66. The van der Waals surface area contributed by atoms with Crippen molar-refractivity contribution in [2.24, 2.45) is 0 Å². The molecule has 130 valence electrons. The highest BCUT2D eigenvalue weighted by Crippen LogP contribution is 2.22. The van der Waals surface area contributed by atoms with Crippen LogP contribution in [0.4, 0.5) is 4.79 Å². The van der Waals surface area contributed by atoms with Gasteiger partial charge < -0.3 is 18.9 Å². The Balaban J connectivity index is 2.32. The Kier molecular flexibility index (Phi) is 5.56. The first-order valence-electron chi connectivity index (χ1n) is 8.20. The van der Waals surface area contributed by atoms with E-state index in [2.05, 4.69) is 4.98 Å². The van der Waals surface area contributed by atoms with Gasteiger partial charge in [0.15, 0.2) is 5.69 Å². The van der Waals surface area contributed by atoms with Gasteiger partial charge in [-0.2, -0.15) is 0 Å². The molecule has 1 aromatic rings. The SMILES string of the molecule is [B]Cc1nc(C(=O)OCC)c2n1CCCN(C(=O)OC(C)(C)C)C2. The Labute approximate surface area is 143 Å². The van der Waals surface area contributed by atoms with Gasteiger partial charge in [-0.15, -0.1) is 0 Å². The summed E-state index contributed by atoms with van der Waals surface area (Å²) < 4.78 is 12.4. The zero-order valence-electron chi connectivity index (χ0n) is 14.8. The van der Waals surface area contributed by atoms with Crippen LogP contribution in [0.1, 0.15) is 56.1 Å². The first-order chi connectivity index (χ1) is 11.3. The molecule has 0 aliphatic carbocycles. The second-order valence-corrected chi connectivity index (χ2v) is 6.66. The van der Waals surface area contributed by atoms with Gasteiger partial charge in [0.2, 0.25) is 0 Å². The smallest absolute Gasteiger partial charge is 0.410 e. The lowest BCUT2D eigenvalue weighted by Crippen LogP contribution is -2.36. The van der Waals surface area contributed by atoms with Crippen molar-refractivity contribution >= 4 is 19.9 Å². The van der Waals surface area contributed by atoms with Crippen LogP contribution in [0.3, 0.4) is 0 Å². The van der Waals surface area contributed by atoms with Crippen molar-refractivity contribution in [3.63, 3.8) is 0 Å². The van der Waals surface area contributed by atoms with Crippen molar-refractivity contribution in [3.8, 4) is 0 Å². The lowest BCUT2D eigenvalue weighted by molar-refractivity contribution is 0.0233. The van der Waals surface area contributed by atoms with E-state index in [4.69, 9.17) is 17.3 Å². The molecular weight excluding hydrogens is 309 g/mol. The zero-order valence-corrected chi connectivity index (χ0v) is 14.8. The maximum Gasteiger partial charge on any atom is 0.410 e. The van der Waals surface area contributed by atoms with E-state index in [1.54, 1.807) is 11.8 Å². The molecule has 1 amide bonds. The molecule has 0 fully saturated rings. The average molecular weight is 333 g/mol. The Hall–Kier alpha value is -1.99. The van der Waals surface area contributed by atoms with Crippen LogP contribution in [0.2, 0.25) is 0 Å². The summed E-state index contributed by atoms with van der Waals surface area (Å²) in [5.41, 5.74) is 0.306. The first-order valence-corrected chi connectivity index (χ1v) is 8.20. The van der Waals surface area contributed by atoms with E-state index in [0.717, 1.165) is 6.42 Å². The summed E-state index contributed by atoms with van der Waals surface area (Å²) in [5, 5.41) is 0. The largest absolute Gasteiger partial charge is 0.461 e. The van der Waals surface area contributed by atoms with Crippen LogP contribution in [0.15, 0.2) is 0 Å². The normalized spacial score (nSPS) is 14.8. The number of hydrogen-bond donors (Lipinski definition) is 0. The first kappa shape index (κ1) is 18.4. The van der Waals surface area contributed by atoms with Crippen LogP contribution < -0.4 is 0 Å². The number of ether oxygens (including phenoxy) is 2. The Morgan fingerprint density at radius 3 is 2.58 bits per heavy atom. The highest BCUT2D eigenvalue weighted by Gasteiger charge is 2.30. The molecule has 8 heteroatoms. The minimum Gasteiger partial charge on any atom is -0.461 e. The topological polar surface area (TPSA) is 73.7 Å². The van der Waals surface area contributed by atoms with Gasteiger partial charge in [0.1, 0.15) is 11.4 Å².